The Morgan fingerprint density at radius 3 is 2.55 bits per heavy atom. The second-order valence-electron chi connectivity index (χ2n) is 7.62. The number of fused-ring (bicyclic) bond motifs is 1. The van der Waals surface area contributed by atoms with E-state index in [-0.39, 0.29) is 40.3 Å². The number of carboxylic acids is 1. The zero-order chi connectivity index (χ0) is 23.9. The van der Waals surface area contributed by atoms with Crippen LogP contribution in [0.5, 0.6) is 5.75 Å². The van der Waals surface area contributed by atoms with E-state index >= 15 is 0 Å². The molecular weight excluding hydrogens is 469 g/mol. The molecule has 0 atom stereocenters. The molecule has 8 nitrogen and oxygen atoms in total. The summed E-state index contributed by atoms with van der Waals surface area (Å²) in [6, 6.07) is 7.94. The molecule has 3 aromatic rings. The van der Waals surface area contributed by atoms with Crippen LogP contribution < -0.4 is 10.1 Å². The largest absolute Gasteiger partial charge is 0.478 e. The number of aromatic carboxylic acids is 1. The standard InChI is InChI=1S/C23H19Cl2N3O5/c1-3-28-16-8-18(33-11-26)20(25)19(24)14(16)7-17(28)21(29)27-23(9-32-10-23)15-5-4-13(22(30)31)6-12(15)2/h3-8,11,26H,1,9-10H2,2H3,(H,27,29)(H,30,31). The van der Waals surface area contributed by atoms with Gasteiger partial charge in [0.05, 0.1) is 29.3 Å². The predicted octanol–water partition coefficient (Wildman–Crippen LogP) is 4.70. The van der Waals surface area contributed by atoms with Crippen LogP contribution in [0.2, 0.25) is 10.0 Å². The van der Waals surface area contributed by atoms with Gasteiger partial charge in [0.1, 0.15) is 16.3 Å². The summed E-state index contributed by atoms with van der Waals surface area (Å²) >= 11 is 12.7. The van der Waals surface area contributed by atoms with Crippen molar-refractivity contribution >= 4 is 58.6 Å². The number of carbonyl (C=O) groups is 2. The molecule has 1 aliphatic rings. The fourth-order valence-electron chi connectivity index (χ4n) is 4.01. The van der Waals surface area contributed by atoms with E-state index in [4.69, 9.17) is 38.1 Å². The number of carbonyl (C=O) groups excluding carboxylic acids is 1. The number of ether oxygens (including phenoxy) is 2. The molecule has 1 aliphatic heterocycles. The Balaban J connectivity index is 1.75. The Labute approximate surface area is 198 Å². The molecule has 0 bridgehead atoms. The smallest absolute Gasteiger partial charge is 0.335 e. The molecule has 1 fully saturated rings. The van der Waals surface area contributed by atoms with E-state index in [9.17, 15) is 14.7 Å². The summed E-state index contributed by atoms with van der Waals surface area (Å²) in [5.74, 6) is -1.25. The fourth-order valence-corrected chi connectivity index (χ4v) is 4.46. The normalized spacial score (nSPS) is 14.4. The number of rotatable bonds is 7. The van der Waals surface area contributed by atoms with Crippen LogP contribution in [0.4, 0.5) is 0 Å². The van der Waals surface area contributed by atoms with Gasteiger partial charge in [0, 0.05) is 17.7 Å². The number of carboxylic acid groups (broad SMARTS) is 1. The van der Waals surface area contributed by atoms with E-state index in [0.717, 1.165) is 17.5 Å². The van der Waals surface area contributed by atoms with Gasteiger partial charge < -0.3 is 24.5 Å². The van der Waals surface area contributed by atoms with Gasteiger partial charge in [-0.3, -0.25) is 10.2 Å². The number of benzene rings is 2. The van der Waals surface area contributed by atoms with Crippen LogP contribution in [0, 0.1) is 12.3 Å². The van der Waals surface area contributed by atoms with Crippen molar-refractivity contribution < 1.29 is 24.2 Å². The predicted molar refractivity (Wildman–Crippen MR) is 126 cm³/mol. The Morgan fingerprint density at radius 1 is 1.27 bits per heavy atom. The number of aryl methyl sites for hydroxylation is 1. The van der Waals surface area contributed by atoms with Crippen LogP contribution in [0.1, 0.15) is 32.0 Å². The maximum atomic E-state index is 13.4. The minimum Gasteiger partial charge on any atom is -0.478 e. The Bertz CT molecular complexity index is 1330. The average molecular weight is 488 g/mol. The zero-order valence-electron chi connectivity index (χ0n) is 17.4. The molecule has 2 heterocycles. The molecule has 3 N–H and O–H groups in total. The quantitative estimate of drug-likeness (QED) is 0.330. The van der Waals surface area contributed by atoms with E-state index in [0.29, 0.717) is 10.9 Å². The van der Waals surface area contributed by atoms with E-state index in [1.807, 2.05) is 0 Å². The third-order valence-electron chi connectivity index (χ3n) is 5.63. The maximum absolute atomic E-state index is 13.4. The van der Waals surface area contributed by atoms with Crippen molar-refractivity contribution in [3.8, 4) is 5.75 Å². The lowest BCUT2D eigenvalue weighted by molar-refractivity contribution is -0.0737. The van der Waals surface area contributed by atoms with Gasteiger partial charge >= 0.3 is 5.97 Å². The second-order valence-corrected chi connectivity index (χ2v) is 8.37. The number of nitrogens with one attached hydrogen (secondary N) is 2. The van der Waals surface area contributed by atoms with E-state index < -0.39 is 17.4 Å². The van der Waals surface area contributed by atoms with Crippen LogP contribution in [0.25, 0.3) is 17.1 Å². The molecule has 0 saturated carbocycles. The summed E-state index contributed by atoms with van der Waals surface area (Å²) in [4.78, 5) is 24.7. The van der Waals surface area contributed by atoms with Crippen molar-refractivity contribution in [1.29, 1.82) is 5.41 Å². The van der Waals surface area contributed by atoms with Gasteiger partial charge in [0.25, 0.3) is 5.91 Å². The zero-order valence-corrected chi connectivity index (χ0v) is 19.0. The first-order valence-electron chi connectivity index (χ1n) is 9.78. The molecule has 0 spiro atoms. The van der Waals surface area contributed by atoms with Gasteiger partial charge in [-0.25, -0.2) is 4.79 Å². The first-order valence-corrected chi connectivity index (χ1v) is 10.5. The van der Waals surface area contributed by atoms with Gasteiger partial charge in [-0.1, -0.05) is 35.8 Å². The summed E-state index contributed by atoms with van der Waals surface area (Å²) in [6.07, 6.45) is 2.20. The van der Waals surface area contributed by atoms with Crippen molar-refractivity contribution in [1.82, 2.24) is 9.88 Å². The molecular formula is C23H19Cl2N3O5. The summed E-state index contributed by atoms with van der Waals surface area (Å²) in [7, 11) is 0. The monoisotopic (exact) mass is 487 g/mol. The van der Waals surface area contributed by atoms with Crippen molar-refractivity contribution in [2.24, 2.45) is 0 Å². The molecule has 33 heavy (non-hydrogen) atoms. The number of hydrogen-bond donors (Lipinski definition) is 3. The van der Waals surface area contributed by atoms with Gasteiger partial charge in [-0.15, -0.1) is 0 Å². The lowest BCUT2D eigenvalue weighted by atomic mass is 9.84. The van der Waals surface area contributed by atoms with Crippen LogP contribution in [-0.2, 0) is 10.3 Å². The first kappa shape index (κ1) is 22.8. The molecule has 2 aromatic carbocycles. The Kier molecular flexibility index (Phi) is 5.92. The summed E-state index contributed by atoms with van der Waals surface area (Å²) in [6.45, 7) is 6.07. The molecule has 0 unspecified atom stereocenters. The molecule has 0 aliphatic carbocycles. The van der Waals surface area contributed by atoms with Gasteiger partial charge in [-0.05, 0) is 36.2 Å². The van der Waals surface area contributed by atoms with Gasteiger partial charge in [0.2, 0.25) is 0 Å². The Hall–Kier alpha value is -3.33. The molecule has 1 aromatic heterocycles. The topological polar surface area (TPSA) is 114 Å². The number of nitrogens with zero attached hydrogens (tertiary/aromatic N) is 1. The molecule has 1 amide bonds. The lowest BCUT2D eigenvalue weighted by Crippen LogP contribution is -2.59. The number of hydrogen-bond acceptors (Lipinski definition) is 5. The molecule has 1 saturated heterocycles. The number of halogens is 2. The number of amides is 1. The Morgan fingerprint density at radius 2 is 2.00 bits per heavy atom. The van der Waals surface area contributed by atoms with Crippen LogP contribution >= 0.6 is 23.2 Å². The van der Waals surface area contributed by atoms with Crippen molar-refractivity contribution in [3.05, 3.63) is 69.3 Å². The minimum atomic E-state index is -1.02. The fraction of sp³-hybridized carbons (Fsp3) is 0.174. The van der Waals surface area contributed by atoms with Crippen molar-refractivity contribution in [2.45, 2.75) is 12.5 Å². The van der Waals surface area contributed by atoms with Crippen LogP contribution in [-0.4, -0.2) is 41.2 Å². The third kappa shape index (κ3) is 3.76. The summed E-state index contributed by atoms with van der Waals surface area (Å²) < 4.78 is 12.1. The highest BCUT2D eigenvalue weighted by molar-refractivity contribution is 6.46. The first-order chi connectivity index (χ1) is 15.7. The highest BCUT2D eigenvalue weighted by Gasteiger charge is 2.43. The van der Waals surface area contributed by atoms with Crippen LogP contribution in [0.3, 0.4) is 0 Å². The van der Waals surface area contributed by atoms with Gasteiger partial charge in [-0.2, -0.15) is 0 Å². The molecule has 10 heteroatoms. The number of aromatic nitrogens is 1. The summed E-state index contributed by atoms with van der Waals surface area (Å²) in [5.41, 5.74) is 1.65. The summed E-state index contributed by atoms with van der Waals surface area (Å²) in [5, 5.41) is 20.3. The van der Waals surface area contributed by atoms with Crippen molar-refractivity contribution in [2.75, 3.05) is 13.2 Å². The minimum absolute atomic E-state index is 0.124. The van der Waals surface area contributed by atoms with E-state index in [1.54, 1.807) is 35.8 Å². The van der Waals surface area contributed by atoms with E-state index in [2.05, 4.69) is 11.9 Å². The molecule has 170 valence electrons. The highest BCUT2D eigenvalue weighted by Crippen LogP contribution is 2.40. The lowest BCUT2D eigenvalue weighted by Gasteiger charge is -2.43. The SMILES string of the molecule is C=Cn1c(C(=O)NC2(c3ccc(C(=O)O)cc3C)COC2)cc2c(Cl)c(Cl)c(OC=N)cc21. The third-order valence-corrected chi connectivity index (χ3v) is 6.49. The van der Waals surface area contributed by atoms with E-state index in [1.165, 1.54) is 12.3 Å². The molecule has 0 radical (unpaired) electrons. The maximum Gasteiger partial charge on any atom is 0.335 e. The van der Waals surface area contributed by atoms with Crippen molar-refractivity contribution in [3.63, 3.8) is 0 Å². The highest BCUT2D eigenvalue weighted by atomic mass is 35.5. The molecule has 4 rings (SSSR count). The van der Waals surface area contributed by atoms with Gasteiger partial charge in [0.15, 0.2) is 12.2 Å². The second kappa shape index (κ2) is 8.55. The van der Waals surface area contributed by atoms with Crippen LogP contribution in [0.15, 0.2) is 36.9 Å². The average Bonchev–Trinajstić information content (AvgIpc) is 3.13.